The Labute approximate surface area is 130 Å². The molecule has 0 bridgehead atoms. The second-order valence-electron chi connectivity index (χ2n) is 5.58. The molecule has 0 fully saturated rings. The number of fused-ring (bicyclic) bond motifs is 1. The van der Waals surface area contributed by atoms with Gasteiger partial charge in [-0.25, -0.2) is 0 Å². The van der Waals surface area contributed by atoms with Gasteiger partial charge in [-0.05, 0) is 44.0 Å². The number of halogens is 1. The summed E-state index contributed by atoms with van der Waals surface area (Å²) < 4.78 is 7.04. The normalized spacial score (nSPS) is 14.9. The molecule has 1 aromatic carbocycles. The molecule has 0 spiro atoms. The van der Waals surface area contributed by atoms with Gasteiger partial charge in [-0.1, -0.05) is 42.6 Å². The number of furan rings is 1. The third-order valence-electron chi connectivity index (χ3n) is 4.19. The zero-order valence-corrected chi connectivity index (χ0v) is 14.3. The zero-order chi connectivity index (χ0) is 14.7. The van der Waals surface area contributed by atoms with Crippen LogP contribution in [0.4, 0.5) is 0 Å². The van der Waals surface area contributed by atoms with Crippen molar-refractivity contribution in [2.24, 2.45) is 5.92 Å². The molecule has 2 nitrogen and oxygen atoms in total. The molecule has 2 atom stereocenters. The van der Waals surface area contributed by atoms with Crippen LogP contribution in [0.5, 0.6) is 0 Å². The van der Waals surface area contributed by atoms with Crippen molar-refractivity contribution in [2.45, 2.75) is 52.6 Å². The molecule has 0 saturated carbocycles. The van der Waals surface area contributed by atoms with E-state index < -0.39 is 0 Å². The second kappa shape index (κ2) is 6.77. The van der Waals surface area contributed by atoms with E-state index in [0.717, 1.165) is 27.1 Å². The summed E-state index contributed by atoms with van der Waals surface area (Å²) >= 11 is 3.50. The maximum atomic E-state index is 5.95. The Balaban J connectivity index is 2.12. The van der Waals surface area contributed by atoms with Crippen LogP contribution in [0, 0.1) is 5.92 Å². The van der Waals surface area contributed by atoms with Gasteiger partial charge >= 0.3 is 0 Å². The summed E-state index contributed by atoms with van der Waals surface area (Å²) in [5, 5.41) is 4.82. The van der Waals surface area contributed by atoms with E-state index in [1.54, 1.807) is 0 Å². The van der Waals surface area contributed by atoms with E-state index in [-0.39, 0.29) is 6.04 Å². The highest BCUT2D eigenvalue weighted by Gasteiger charge is 2.18. The summed E-state index contributed by atoms with van der Waals surface area (Å²) in [4.78, 5) is 0. The quantitative estimate of drug-likeness (QED) is 0.734. The Morgan fingerprint density at radius 3 is 2.50 bits per heavy atom. The van der Waals surface area contributed by atoms with Gasteiger partial charge < -0.3 is 9.73 Å². The molecule has 110 valence electrons. The molecule has 1 N–H and O–H groups in total. The van der Waals surface area contributed by atoms with Gasteiger partial charge in [0.2, 0.25) is 0 Å². The van der Waals surface area contributed by atoms with E-state index in [2.05, 4.69) is 61.1 Å². The van der Waals surface area contributed by atoms with Crippen LogP contribution in [0.25, 0.3) is 11.0 Å². The van der Waals surface area contributed by atoms with Gasteiger partial charge in [0.25, 0.3) is 0 Å². The third kappa shape index (κ3) is 3.44. The fraction of sp³-hybridized carbons (Fsp3) is 0.529. The van der Waals surface area contributed by atoms with Crippen LogP contribution in [0.1, 0.15) is 52.3 Å². The molecule has 2 rings (SSSR count). The molecular formula is C17H24BrNO. The Morgan fingerprint density at radius 1 is 1.15 bits per heavy atom. The Hall–Kier alpha value is -0.800. The van der Waals surface area contributed by atoms with E-state index in [1.807, 2.05) is 12.1 Å². The highest BCUT2D eigenvalue weighted by atomic mass is 79.9. The highest BCUT2D eigenvalue weighted by molar-refractivity contribution is 9.10. The minimum atomic E-state index is 0.233. The lowest BCUT2D eigenvalue weighted by Crippen LogP contribution is -2.34. The molecule has 0 aliphatic carbocycles. The average molecular weight is 338 g/mol. The van der Waals surface area contributed by atoms with E-state index in [1.165, 1.54) is 12.8 Å². The highest BCUT2D eigenvalue weighted by Crippen LogP contribution is 2.27. The molecule has 0 amide bonds. The van der Waals surface area contributed by atoms with Gasteiger partial charge in [0.15, 0.2) is 0 Å². The zero-order valence-electron chi connectivity index (χ0n) is 12.7. The van der Waals surface area contributed by atoms with Crippen molar-refractivity contribution in [2.75, 3.05) is 0 Å². The summed E-state index contributed by atoms with van der Waals surface area (Å²) in [5.74, 6) is 1.73. The standard InChI is InChI=1S/C17H24BrNO/c1-5-13(6-2)11(3)19-12(4)17-10-14-9-15(18)7-8-16(14)20-17/h7-13,19H,5-6H2,1-4H3. The Kier molecular flexibility index (Phi) is 5.28. The number of hydrogen-bond acceptors (Lipinski definition) is 2. The van der Waals surface area contributed by atoms with Crippen molar-refractivity contribution in [3.8, 4) is 0 Å². The van der Waals surface area contributed by atoms with E-state index in [9.17, 15) is 0 Å². The molecule has 0 aliphatic heterocycles. The molecule has 1 heterocycles. The monoisotopic (exact) mass is 337 g/mol. The van der Waals surface area contributed by atoms with Gasteiger partial charge in [0.1, 0.15) is 11.3 Å². The van der Waals surface area contributed by atoms with Crippen molar-refractivity contribution in [3.05, 3.63) is 34.5 Å². The molecule has 0 saturated heterocycles. The van der Waals surface area contributed by atoms with Gasteiger partial charge in [-0.15, -0.1) is 0 Å². The van der Waals surface area contributed by atoms with Gasteiger partial charge in [0, 0.05) is 15.9 Å². The molecular weight excluding hydrogens is 314 g/mol. The maximum Gasteiger partial charge on any atom is 0.134 e. The predicted molar refractivity (Wildman–Crippen MR) is 89.0 cm³/mol. The molecule has 2 unspecified atom stereocenters. The number of nitrogens with one attached hydrogen (secondary N) is 1. The first kappa shape index (κ1) is 15.6. The molecule has 0 aliphatic rings. The van der Waals surface area contributed by atoms with Crippen LogP contribution in [-0.2, 0) is 0 Å². The lowest BCUT2D eigenvalue weighted by atomic mass is 9.95. The fourth-order valence-corrected chi connectivity index (χ4v) is 3.24. The first-order chi connectivity index (χ1) is 9.55. The number of hydrogen-bond donors (Lipinski definition) is 1. The van der Waals surface area contributed by atoms with Crippen LogP contribution in [0.2, 0.25) is 0 Å². The molecule has 20 heavy (non-hydrogen) atoms. The summed E-state index contributed by atoms with van der Waals surface area (Å²) in [6, 6.07) is 8.99. The molecule has 3 heteroatoms. The summed E-state index contributed by atoms with van der Waals surface area (Å²) in [5.41, 5.74) is 0.951. The maximum absolute atomic E-state index is 5.95. The summed E-state index contributed by atoms with van der Waals surface area (Å²) in [6.07, 6.45) is 2.43. The molecule has 2 aromatic rings. The van der Waals surface area contributed by atoms with E-state index in [4.69, 9.17) is 4.42 Å². The Bertz CT molecular complexity index is 559. The third-order valence-corrected chi connectivity index (χ3v) is 4.69. The largest absolute Gasteiger partial charge is 0.459 e. The first-order valence-corrected chi connectivity index (χ1v) is 8.29. The summed E-state index contributed by atoms with van der Waals surface area (Å²) in [6.45, 7) is 8.96. The van der Waals surface area contributed by atoms with Crippen molar-refractivity contribution in [3.63, 3.8) is 0 Å². The smallest absolute Gasteiger partial charge is 0.134 e. The topological polar surface area (TPSA) is 25.2 Å². The van der Waals surface area contributed by atoms with Crippen LogP contribution in [0.15, 0.2) is 33.2 Å². The van der Waals surface area contributed by atoms with E-state index in [0.29, 0.717) is 6.04 Å². The number of benzene rings is 1. The van der Waals surface area contributed by atoms with E-state index >= 15 is 0 Å². The van der Waals surface area contributed by atoms with Gasteiger partial charge in [-0.2, -0.15) is 0 Å². The van der Waals surface area contributed by atoms with Crippen molar-refractivity contribution >= 4 is 26.9 Å². The SMILES string of the molecule is CCC(CC)C(C)NC(C)c1cc2cc(Br)ccc2o1. The van der Waals surface area contributed by atoms with Crippen molar-refractivity contribution < 1.29 is 4.42 Å². The lowest BCUT2D eigenvalue weighted by Gasteiger charge is -2.25. The first-order valence-electron chi connectivity index (χ1n) is 7.50. The average Bonchev–Trinajstić information content (AvgIpc) is 2.83. The molecule has 0 radical (unpaired) electrons. The van der Waals surface area contributed by atoms with Crippen molar-refractivity contribution in [1.82, 2.24) is 5.32 Å². The fourth-order valence-electron chi connectivity index (χ4n) is 2.86. The van der Waals surface area contributed by atoms with Crippen LogP contribution in [-0.4, -0.2) is 6.04 Å². The van der Waals surface area contributed by atoms with Crippen LogP contribution >= 0.6 is 15.9 Å². The predicted octanol–water partition coefficient (Wildman–Crippen LogP) is 5.67. The minimum absolute atomic E-state index is 0.233. The minimum Gasteiger partial charge on any atom is -0.459 e. The van der Waals surface area contributed by atoms with Crippen LogP contribution in [0.3, 0.4) is 0 Å². The van der Waals surface area contributed by atoms with Gasteiger partial charge in [0.05, 0.1) is 6.04 Å². The van der Waals surface area contributed by atoms with Crippen molar-refractivity contribution in [1.29, 1.82) is 0 Å². The summed E-state index contributed by atoms with van der Waals surface area (Å²) in [7, 11) is 0. The Morgan fingerprint density at radius 2 is 1.85 bits per heavy atom. The van der Waals surface area contributed by atoms with Gasteiger partial charge in [-0.3, -0.25) is 0 Å². The second-order valence-corrected chi connectivity index (χ2v) is 6.50. The lowest BCUT2D eigenvalue weighted by molar-refractivity contribution is 0.313. The molecule has 1 aromatic heterocycles. The number of rotatable bonds is 6. The van der Waals surface area contributed by atoms with Crippen LogP contribution < -0.4 is 5.32 Å².